The first-order valence-electron chi connectivity index (χ1n) is 7.22. The van der Waals surface area contributed by atoms with Gasteiger partial charge in [0, 0.05) is 37.8 Å². The van der Waals surface area contributed by atoms with Crippen LogP contribution in [0.1, 0.15) is 37.9 Å². The zero-order chi connectivity index (χ0) is 15.6. The summed E-state index contributed by atoms with van der Waals surface area (Å²) >= 11 is 0. The van der Waals surface area contributed by atoms with Gasteiger partial charge in [-0.3, -0.25) is 4.90 Å². The zero-order valence-corrected chi connectivity index (χ0v) is 12.8. The van der Waals surface area contributed by atoms with Crippen LogP contribution in [0.25, 0.3) is 0 Å². The third-order valence-electron chi connectivity index (χ3n) is 3.90. The molecule has 1 fully saturated rings. The van der Waals surface area contributed by atoms with Crippen molar-refractivity contribution in [1.29, 1.82) is 5.26 Å². The number of nitrogens with one attached hydrogen (secondary N) is 1. The second-order valence-corrected chi connectivity index (χ2v) is 6.52. The Labute approximate surface area is 125 Å². The summed E-state index contributed by atoms with van der Waals surface area (Å²) in [6.07, 6.45) is 0. The smallest absolute Gasteiger partial charge is 0.165 e. The number of benzene rings is 1. The van der Waals surface area contributed by atoms with Crippen LogP contribution >= 0.6 is 0 Å². The molecule has 1 aliphatic rings. The van der Waals surface area contributed by atoms with E-state index in [4.69, 9.17) is 0 Å². The molecular weight excluding hydrogens is 269 g/mol. The molecule has 4 nitrogen and oxygen atoms in total. The van der Waals surface area contributed by atoms with Crippen molar-refractivity contribution in [1.82, 2.24) is 10.2 Å². The van der Waals surface area contributed by atoms with Crippen molar-refractivity contribution in [3.05, 3.63) is 29.1 Å². The van der Waals surface area contributed by atoms with E-state index in [-0.39, 0.29) is 11.5 Å². The van der Waals surface area contributed by atoms with Crippen molar-refractivity contribution >= 4 is 0 Å². The molecular formula is C16H22FN3O. The molecule has 0 aliphatic carbocycles. The Morgan fingerprint density at radius 3 is 2.48 bits per heavy atom. The average molecular weight is 291 g/mol. The Hall–Kier alpha value is -1.64. The Balaban J connectivity index is 2.56. The molecule has 1 aromatic carbocycles. The maximum Gasteiger partial charge on any atom is 0.165 e. The number of nitrogens with zero attached hydrogens (tertiary/aromatic N) is 2. The van der Waals surface area contributed by atoms with E-state index in [1.54, 1.807) is 0 Å². The standard InChI is InChI=1S/C16H22FN3O/c1-16(2,3)15(20-8-6-19-7-9-20)13-11(10-18)4-5-12(17)14(13)21/h4-5,15,19,21H,6-9H2,1-3H3/t15-/m0/s1. The van der Waals surface area contributed by atoms with E-state index in [0.29, 0.717) is 11.1 Å². The summed E-state index contributed by atoms with van der Waals surface area (Å²) in [6, 6.07) is 4.48. The predicted molar refractivity (Wildman–Crippen MR) is 79.4 cm³/mol. The van der Waals surface area contributed by atoms with E-state index in [1.165, 1.54) is 6.07 Å². The normalized spacial score (nSPS) is 18.2. The molecule has 5 heteroatoms. The van der Waals surface area contributed by atoms with E-state index < -0.39 is 11.6 Å². The van der Waals surface area contributed by atoms with Crippen LogP contribution in [0.3, 0.4) is 0 Å². The summed E-state index contributed by atoms with van der Waals surface area (Å²) in [5, 5.41) is 22.8. The van der Waals surface area contributed by atoms with Gasteiger partial charge in [-0.05, 0) is 17.5 Å². The molecule has 0 saturated carbocycles. The van der Waals surface area contributed by atoms with Crippen LogP contribution < -0.4 is 5.32 Å². The van der Waals surface area contributed by atoms with Crippen molar-refractivity contribution in [2.45, 2.75) is 26.8 Å². The van der Waals surface area contributed by atoms with Crippen LogP contribution in [0, 0.1) is 22.6 Å². The number of halogens is 1. The lowest BCUT2D eigenvalue weighted by molar-refractivity contribution is 0.0836. The Morgan fingerprint density at radius 2 is 1.95 bits per heavy atom. The van der Waals surface area contributed by atoms with Gasteiger partial charge in [0.15, 0.2) is 11.6 Å². The Bertz CT molecular complexity index is 554. The second kappa shape index (κ2) is 6.00. The van der Waals surface area contributed by atoms with Gasteiger partial charge in [-0.2, -0.15) is 5.26 Å². The lowest BCUT2D eigenvalue weighted by Gasteiger charge is -2.43. The van der Waals surface area contributed by atoms with Gasteiger partial charge in [-0.1, -0.05) is 20.8 Å². The third-order valence-corrected chi connectivity index (χ3v) is 3.90. The molecule has 1 aliphatic heterocycles. The summed E-state index contributed by atoms with van der Waals surface area (Å²) in [5.41, 5.74) is 0.521. The van der Waals surface area contributed by atoms with Gasteiger partial charge < -0.3 is 10.4 Å². The number of rotatable bonds is 2. The van der Waals surface area contributed by atoms with Crippen molar-refractivity contribution < 1.29 is 9.50 Å². The van der Waals surface area contributed by atoms with Crippen LogP contribution in [-0.4, -0.2) is 36.2 Å². The summed E-state index contributed by atoms with van der Waals surface area (Å²) in [6.45, 7) is 9.46. The Kier molecular flexibility index (Phi) is 4.50. The predicted octanol–water partition coefficient (Wildman–Crippen LogP) is 2.40. The minimum atomic E-state index is -0.673. The number of hydrogen-bond donors (Lipinski definition) is 2. The first-order chi connectivity index (χ1) is 9.86. The molecule has 0 spiro atoms. The molecule has 1 heterocycles. The summed E-state index contributed by atoms with van der Waals surface area (Å²) < 4.78 is 13.8. The number of aromatic hydroxyl groups is 1. The van der Waals surface area contributed by atoms with Crippen LogP contribution in [0.4, 0.5) is 4.39 Å². The lowest BCUT2D eigenvalue weighted by Crippen LogP contribution is -2.48. The Morgan fingerprint density at radius 1 is 1.33 bits per heavy atom. The first kappa shape index (κ1) is 15.7. The first-order valence-corrected chi connectivity index (χ1v) is 7.22. The number of phenolic OH excluding ortho intramolecular Hbond substituents is 1. The number of phenols is 1. The van der Waals surface area contributed by atoms with Gasteiger partial charge in [-0.25, -0.2) is 4.39 Å². The largest absolute Gasteiger partial charge is 0.505 e. The highest BCUT2D eigenvalue weighted by Crippen LogP contribution is 2.43. The van der Waals surface area contributed by atoms with Gasteiger partial charge in [0.1, 0.15) is 0 Å². The van der Waals surface area contributed by atoms with Crippen LogP contribution in [-0.2, 0) is 0 Å². The van der Waals surface area contributed by atoms with Gasteiger partial charge in [0.25, 0.3) is 0 Å². The van der Waals surface area contributed by atoms with Crippen molar-refractivity contribution in [3.8, 4) is 11.8 Å². The van der Waals surface area contributed by atoms with E-state index in [9.17, 15) is 14.8 Å². The molecule has 2 N–H and O–H groups in total. The lowest BCUT2D eigenvalue weighted by atomic mass is 9.79. The fourth-order valence-electron chi connectivity index (χ4n) is 3.06. The highest BCUT2D eigenvalue weighted by Gasteiger charge is 2.36. The van der Waals surface area contributed by atoms with Gasteiger partial charge in [-0.15, -0.1) is 0 Å². The maximum absolute atomic E-state index is 13.8. The summed E-state index contributed by atoms with van der Waals surface area (Å²) in [5.74, 6) is -1.07. The summed E-state index contributed by atoms with van der Waals surface area (Å²) in [4.78, 5) is 2.21. The van der Waals surface area contributed by atoms with Gasteiger partial charge >= 0.3 is 0 Å². The van der Waals surface area contributed by atoms with Crippen molar-refractivity contribution in [2.24, 2.45) is 5.41 Å². The molecule has 0 radical (unpaired) electrons. The molecule has 0 aromatic heterocycles. The highest BCUT2D eigenvalue weighted by molar-refractivity contribution is 5.49. The SMILES string of the molecule is CC(C)(C)[C@H](c1c(C#N)ccc(F)c1O)N1CCNCC1. The maximum atomic E-state index is 13.8. The topological polar surface area (TPSA) is 59.3 Å². The number of hydrogen-bond acceptors (Lipinski definition) is 4. The van der Waals surface area contributed by atoms with Crippen molar-refractivity contribution in [3.63, 3.8) is 0 Å². The number of piperazine rings is 1. The molecule has 0 unspecified atom stereocenters. The molecule has 0 amide bonds. The number of nitriles is 1. The zero-order valence-electron chi connectivity index (χ0n) is 12.8. The fraction of sp³-hybridized carbons (Fsp3) is 0.562. The molecule has 1 atom stereocenters. The van der Waals surface area contributed by atoms with E-state index in [0.717, 1.165) is 32.2 Å². The summed E-state index contributed by atoms with van der Waals surface area (Å²) in [7, 11) is 0. The monoisotopic (exact) mass is 291 g/mol. The molecule has 2 rings (SSSR count). The fourth-order valence-corrected chi connectivity index (χ4v) is 3.06. The van der Waals surface area contributed by atoms with E-state index in [2.05, 4.69) is 16.3 Å². The van der Waals surface area contributed by atoms with E-state index in [1.807, 2.05) is 20.8 Å². The second-order valence-electron chi connectivity index (χ2n) is 6.52. The molecule has 0 bridgehead atoms. The average Bonchev–Trinajstić information content (AvgIpc) is 2.44. The minimum Gasteiger partial charge on any atom is -0.505 e. The van der Waals surface area contributed by atoms with Crippen molar-refractivity contribution in [2.75, 3.05) is 26.2 Å². The molecule has 114 valence electrons. The van der Waals surface area contributed by atoms with E-state index >= 15 is 0 Å². The van der Waals surface area contributed by atoms with Gasteiger partial charge in [0.05, 0.1) is 11.6 Å². The van der Waals surface area contributed by atoms with Crippen LogP contribution in [0.15, 0.2) is 12.1 Å². The highest BCUT2D eigenvalue weighted by atomic mass is 19.1. The quantitative estimate of drug-likeness (QED) is 0.878. The van der Waals surface area contributed by atoms with Crippen LogP contribution in [0.5, 0.6) is 5.75 Å². The third kappa shape index (κ3) is 3.17. The molecule has 1 aromatic rings. The van der Waals surface area contributed by atoms with Gasteiger partial charge in [0.2, 0.25) is 0 Å². The minimum absolute atomic E-state index is 0.204. The van der Waals surface area contributed by atoms with Crippen LogP contribution in [0.2, 0.25) is 0 Å². The molecule has 21 heavy (non-hydrogen) atoms. The molecule has 1 saturated heterocycles.